The Hall–Kier alpha value is -1.55. The van der Waals surface area contributed by atoms with Crippen LogP contribution < -0.4 is 10.1 Å². The molecule has 0 amide bonds. The van der Waals surface area contributed by atoms with E-state index in [1.165, 1.54) is 0 Å². The highest BCUT2D eigenvalue weighted by Gasteiger charge is 2.26. The minimum atomic E-state index is -0.153. The molecule has 0 bridgehead atoms. The van der Waals surface area contributed by atoms with Crippen molar-refractivity contribution < 1.29 is 14.3 Å². The lowest BCUT2D eigenvalue weighted by atomic mass is 9.90. The summed E-state index contributed by atoms with van der Waals surface area (Å²) in [6.07, 6.45) is 3.16. The van der Waals surface area contributed by atoms with E-state index in [9.17, 15) is 4.79 Å². The maximum atomic E-state index is 12.1. The molecule has 1 aliphatic rings. The van der Waals surface area contributed by atoms with Crippen molar-refractivity contribution >= 4 is 5.97 Å². The summed E-state index contributed by atoms with van der Waals surface area (Å²) in [6.45, 7) is 3.37. The van der Waals surface area contributed by atoms with E-state index in [-0.39, 0.29) is 12.0 Å². The molecule has 1 N–H and O–H groups in total. The lowest BCUT2D eigenvalue weighted by Gasteiger charge is -2.28. The topological polar surface area (TPSA) is 47.6 Å². The third-order valence-electron chi connectivity index (χ3n) is 3.89. The van der Waals surface area contributed by atoms with Gasteiger partial charge in [0.05, 0.1) is 7.11 Å². The number of esters is 1. The first-order chi connectivity index (χ1) is 9.72. The second kappa shape index (κ2) is 7.29. The summed E-state index contributed by atoms with van der Waals surface area (Å²) < 4.78 is 10.6. The number of methoxy groups -OCH3 is 1. The number of piperidine rings is 1. The zero-order valence-electron chi connectivity index (χ0n) is 12.2. The summed E-state index contributed by atoms with van der Waals surface area (Å²) in [4.78, 5) is 12.1. The Balaban J connectivity index is 1.85. The van der Waals surface area contributed by atoms with E-state index < -0.39 is 0 Å². The van der Waals surface area contributed by atoms with Crippen LogP contribution in [0.25, 0.3) is 0 Å². The maximum absolute atomic E-state index is 12.1. The van der Waals surface area contributed by atoms with E-state index in [0.29, 0.717) is 12.5 Å². The summed E-state index contributed by atoms with van der Waals surface area (Å²) in [6, 6.07) is 7.43. The predicted octanol–water partition coefficient (Wildman–Crippen LogP) is 2.52. The molecule has 1 saturated heterocycles. The van der Waals surface area contributed by atoms with E-state index in [4.69, 9.17) is 9.47 Å². The fourth-order valence-electron chi connectivity index (χ4n) is 2.56. The third-order valence-corrected chi connectivity index (χ3v) is 3.89. The highest BCUT2D eigenvalue weighted by molar-refractivity contribution is 5.75. The van der Waals surface area contributed by atoms with Crippen molar-refractivity contribution in [3.05, 3.63) is 29.8 Å². The fourth-order valence-corrected chi connectivity index (χ4v) is 2.56. The van der Waals surface area contributed by atoms with Gasteiger partial charge in [0.15, 0.2) is 0 Å². The van der Waals surface area contributed by atoms with Gasteiger partial charge in [-0.3, -0.25) is 4.79 Å². The maximum Gasteiger partial charge on any atom is 0.323 e. The largest absolute Gasteiger partial charge is 0.497 e. The summed E-state index contributed by atoms with van der Waals surface area (Å²) >= 11 is 0. The first-order valence-electron chi connectivity index (χ1n) is 7.26. The van der Waals surface area contributed by atoms with Crippen LogP contribution in [0.5, 0.6) is 5.75 Å². The van der Waals surface area contributed by atoms with Crippen molar-refractivity contribution in [3.63, 3.8) is 0 Å². The van der Waals surface area contributed by atoms with Crippen molar-refractivity contribution in [3.8, 4) is 5.75 Å². The molecule has 0 saturated carbocycles. The Kier molecular flexibility index (Phi) is 5.41. The van der Waals surface area contributed by atoms with Crippen LogP contribution in [0, 0.1) is 5.92 Å². The SMILES string of the molecule is CCC1CCNC(C(=O)OCc2cccc(OC)c2)C1. The van der Waals surface area contributed by atoms with Gasteiger partial charge in [-0.2, -0.15) is 0 Å². The molecule has 20 heavy (non-hydrogen) atoms. The van der Waals surface area contributed by atoms with Crippen LogP contribution in [0.15, 0.2) is 24.3 Å². The molecular weight excluding hydrogens is 254 g/mol. The zero-order valence-corrected chi connectivity index (χ0v) is 12.2. The lowest BCUT2D eigenvalue weighted by molar-refractivity contribution is -0.148. The Morgan fingerprint density at radius 2 is 2.30 bits per heavy atom. The van der Waals surface area contributed by atoms with E-state index in [0.717, 1.165) is 37.1 Å². The number of carbonyl (C=O) groups is 1. The summed E-state index contributed by atoms with van der Waals surface area (Å²) in [5.41, 5.74) is 0.945. The monoisotopic (exact) mass is 277 g/mol. The molecule has 0 radical (unpaired) electrons. The minimum Gasteiger partial charge on any atom is -0.497 e. The van der Waals surface area contributed by atoms with Gasteiger partial charge in [-0.15, -0.1) is 0 Å². The number of ether oxygens (including phenoxy) is 2. The molecule has 110 valence electrons. The molecule has 0 aliphatic carbocycles. The van der Waals surface area contributed by atoms with Crippen LogP contribution in [0.3, 0.4) is 0 Å². The normalized spacial score (nSPS) is 22.3. The molecule has 1 fully saturated rings. The number of hydrogen-bond donors (Lipinski definition) is 1. The summed E-state index contributed by atoms with van der Waals surface area (Å²) in [5, 5.41) is 3.24. The molecule has 2 atom stereocenters. The van der Waals surface area contributed by atoms with Gasteiger partial charge in [0.2, 0.25) is 0 Å². The lowest BCUT2D eigenvalue weighted by Crippen LogP contribution is -2.44. The van der Waals surface area contributed by atoms with E-state index in [2.05, 4.69) is 12.2 Å². The molecule has 1 heterocycles. The summed E-state index contributed by atoms with van der Waals surface area (Å²) in [5.74, 6) is 1.26. The quantitative estimate of drug-likeness (QED) is 0.840. The average molecular weight is 277 g/mol. The second-order valence-corrected chi connectivity index (χ2v) is 5.26. The van der Waals surface area contributed by atoms with Gasteiger partial charge in [0.25, 0.3) is 0 Å². The van der Waals surface area contributed by atoms with Crippen LogP contribution in [0.2, 0.25) is 0 Å². The van der Waals surface area contributed by atoms with Gasteiger partial charge in [-0.05, 0) is 43.0 Å². The van der Waals surface area contributed by atoms with Crippen LogP contribution in [0.1, 0.15) is 31.7 Å². The first-order valence-corrected chi connectivity index (χ1v) is 7.26. The smallest absolute Gasteiger partial charge is 0.323 e. The molecule has 1 aliphatic heterocycles. The van der Waals surface area contributed by atoms with Crippen molar-refractivity contribution in [1.29, 1.82) is 0 Å². The van der Waals surface area contributed by atoms with Crippen molar-refractivity contribution in [2.75, 3.05) is 13.7 Å². The molecule has 0 spiro atoms. The van der Waals surface area contributed by atoms with Crippen molar-refractivity contribution in [2.45, 2.75) is 38.8 Å². The molecule has 1 aromatic rings. The van der Waals surface area contributed by atoms with Gasteiger partial charge >= 0.3 is 5.97 Å². The minimum absolute atomic E-state index is 0.147. The second-order valence-electron chi connectivity index (χ2n) is 5.26. The van der Waals surface area contributed by atoms with Gasteiger partial charge in [-0.1, -0.05) is 25.5 Å². The van der Waals surface area contributed by atoms with Crippen LogP contribution in [-0.2, 0) is 16.1 Å². The number of hydrogen-bond acceptors (Lipinski definition) is 4. The molecule has 0 aromatic heterocycles. The predicted molar refractivity (Wildman–Crippen MR) is 77.6 cm³/mol. The van der Waals surface area contributed by atoms with Crippen LogP contribution >= 0.6 is 0 Å². The Bertz CT molecular complexity index is 447. The number of benzene rings is 1. The Labute approximate surface area is 120 Å². The molecular formula is C16H23NO3. The van der Waals surface area contributed by atoms with Crippen molar-refractivity contribution in [1.82, 2.24) is 5.32 Å². The van der Waals surface area contributed by atoms with E-state index in [1.54, 1.807) is 7.11 Å². The zero-order chi connectivity index (χ0) is 14.4. The molecule has 1 aromatic carbocycles. The average Bonchev–Trinajstić information content (AvgIpc) is 2.52. The number of carbonyl (C=O) groups excluding carboxylic acids is 1. The molecule has 4 nitrogen and oxygen atoms in total. The highest BCUT2D eigenvalue weighted by Crippen LogP contribution is 2.20. The van der Waals surface area contributed by atoms with E-state index in [1.807, 2.05) is 24.3 Å². The first kappa shape index (κ1) is 14.9. The highest BCUT2D eigenvalue weighted by atomic mass is 16.5. The Morgan fingerprint density at radius 3 is 3.05 bits per heavy atom. The van der Waals surface area contributed by atoms with Gasteiger partial charge in [0, 0.05) is 0 Å². The van der Waals surface area contributed by atoms with Crippen molar-refractivity contribution in [2.24, 2.45) is 5.92 Å². The third kappa shape index (κ3) is 3.97. The van der Waals surface area contributed by atoms with Crippen LogP contribution in [-0.4, -0.2) is 25.7 Å². The van der Waals surface area contributed by atoms with Gasteiger partial charge in [0.1, 0.15) is 18.4 Å². The molecule has 2 unspecified atom stereocenters. The fraction of sp³-hybridized carbons (Fsp3) is 0.562. The van der Waals surface area contributed by atoms with Gasteiger partial charge in [-0.25, -0.2) is 0 Å². The molecule has 2 rings (SSSR count). The standard InChI is InChI=1S/C16H23NO3/c1-3-12-7-8-17-15(10-12)16(18)20-11-13-5-4-6-14(9-13)19-2/h4-6,9,12,15,17H,3,7-8,10-11H2,1-2H3. The van der Waals surface area contributed by atoms with Crippen LogP contribution in [0.4, 0.5) is 0 Å². The number of nitrogens with one attached hydrogen (secondary N) is 1. The van der Waals surface area contributed by atoms with E-state index >= 15 is 0 Å². The Morgan fingerprint density at radius 1 is 1.45 bits per heavy atom. The van der Waals surface area contributed by atoms with Gasteiger partial charge < -0.3 is 14.8 Å². The summed E-state index contributed by atoms with van der Waals surface area (Å²) in [7, 11) is 1.63. The molecule has 4 heteroatoms. The number of rotatable bonds is 5.